The van der Waals surface area contributed by atoms with Crippen LogP contribution in [0.15, 0.2) is 30.3 Å². The van der Waals surface area contributed by atoms with E-state index in [2.05, 4.69) is 15.6 Å². The van der Waals surface area contributed by atoms with Crippen LogP contribution in [0.25, 0.3) is 11.4 Å². The summed E-state index contributed by atoms with van der Waals surface area (Å²) in [6.07, 6.45) is 3.12. The predicted molar refractivity (Wildman–Crippen MR) is 114 cm³/mol. The van der Waals surface area contributed by atoms with Crippen molar-refractivity contribution in [2.75, 3.05) is 38.4 Å². The Kier molecular flexibility index (Phi) is 5.61. The molecule has 160 valence electrons. The molecule has 1 saturated heterocycles. The summed E-state index contributed by atoms with van der Waals surface area (Å²) in [6.45, 7) is 1.65. The fourth-order valence-electron chi connectivity index (χ4n) is 4.12. The lowest BCUT2D eigenvalue weighted by atomic mass is 9.93. The van der Waals surface area contributed by atoms with Crippen LogP contribution >= 0.6 is 0 Å². The van der Waals surface area contributed by atoms with Crippen molar-refractivity contribution in [1.82, 2.24) is 15.3 Å². The summed E-state index contributed by atoms with van der Waals surface area (Å²) in [7, 11) is -1.51. The number of fused-ring (bicyclic) bond motifs is 1. The second-order valence-corrected chi connectivity index (χ2v) is 10.3. The van der Waals surface area contributed by atoms with Crippen LogP contribution in [0.2, 0.25) is 0 Å². The maximum Gasteiger partial charge on any atom is 0.238 e. The highest BCUT2D eigenvalue weighted by Crippen LogP contribution is 2.58. The van der Waals surface area contributed by atoms with Crippen molar-refractivity contribution < 1.29 is 17.9 Å². The summed E-state index contributed by atoms with van der Waals surface area (Å²) >= 11 is 0. The zero-order valence-electron chi connectivity index (χ0n) is 17.1. The molecule has 0 spiro atoms. The fraction of sp³-hybridized carbons (Fsp3) is 0.476. The first-order valence-corrected chi connectivity index (χ1v) is 12.0. The van der Waals surface area contributed by atoms with E-state index in [4.69, 9.17) is 9.72 Å². The summed E-state index contributed by atoms with van der Waals surface area (Å²) < 4.78 is 29.4. The number of ether oxygens (including phenoxy) is 1. The highest BCUT2D eigenvalue weighted by molar-refractivity contribution is 7.89. The smallest absolute Gasteiger partial charge is 0.238 e. The molecule has 9 heteroatoms. The number of amides is 1. The molecule has 0 radical (unpaired) electrons. The Morgan fingerprint density at radius 2 is 2.03 bits per heavy atom. The van der Waals surface area contributed by atoms with E-state index in [0.29, 0.717) is 29.7 Å². The maximum absolute atomic E-state index is 11.9. The van der Waals surface area contributed by atoms with Crippen LogP contribution in [0, 0.1) is 5.92 Å². The monoisotopic (exact) mass is 430 g/mol. The van der Waals surface area contributed by atoms with Gasteiger partial charge in [0, 0.05) is 29.5 Å². The van der Waals surface area contributed by atoms with Crippen molar-refractivity contribution in [1.29, 1.82) is 0 Å². The molecule has 8 nitrogen and oxygen atoms in total. The first kappa shape index (κ1) is 20.9. The Morgan fingerprint density at radius 1 is 1.27 bits per heavy atom. The van der Waals surface area contributed by atoms with Crippen LogP contribution in [0.3, 0.4) is 0 Å². The van der Waals surface area contributed by atoms with Gasteiger partial charge in [0.05, 0.1) is 30.3 Å². The molecular weight excluding hydrogens is 404 g/mol. The van der Waals surface area contributed by atoms with E-state index < -0.39 is 9.84 Å². The van der Waals surface area contributed by atoms with Gasteiger partial charge < -0.3 is 15.4 Å². The number of carbonyl (C=O) groups is 1. The Morgan fingerprint density at radius 3 is 2.70 bits per heavy atom. The molecule has 1 saturated carbocycles. The number of aromatic nitrogens is 2. The first-order valence-electron chi connectivity index (χ1n) is 9.98. The van der Waals surface area contributed by atoms with E-state index in [-0.39, 0.29) is 23.6 Å². The number of carbonyl (C=O) groups excluding carboxylic acids is 1. The molecule has 0 unspecified atom stereocenters. The van der Waals surface area contributed by atoms with Crippen LogP contribution in [0.1, 0.15) is 24.2 Å². The molecule has 2 fully saturated rings. The molecule has 4 rings (SSSR count). The van der Waals surface area contributed by atoms with Gasteiger partial charge in [0.2, 0.25) is 5.91 Å². The Balaban J connectivity index is 1.66. The minimum atomic E-state index is -3.22. The summed E-state index contributed by atoms with van der Waals surface area (Å²) in [5, 5.41) is 5.61. The molecule has 1 aromatic heterocycles. The standard InChI is InChI=1S/C21H26N4O4S/c1-22-11-19(26)23-16-5-3-14(4-6-16)20-24-17(13-30(2,27)28)9-18(25-20)21-7-8-29-12-15(21)10-21/h3-6,9,15,22H,7-8,10-13H2,1-2H3,(H,23,26)/t15-,21+/m1/s1. The van der Waals surface area contributed by atoms with Crippen LogP contribution in [0.4, 0.5) is 5.69 Å². The fourth-order valence-corrected chi connectivity index (χ4v) is 4.80. The number of benzene rings is 1. The summed E-state index contributed by atoms with van der Waals surface area (Å²) in [5.74, 6) is 0.693. The lowest BCUT2D eigenvalue weighted by molar-refractivity contribution is -0.115. The number of rotatable bonds is 7. The van der Waals surface area contributed by atoms with Gasteiger partial charge in [0.1, 0.15) is 0 Å². The minimum Gasteiger partial charge on any atom is -0.381 e. The average molecular weight is 431 g/mol. The zero-order valence-corrected chi connectivity index (χ0v) is 18.0. The Hall–Kier alpha value is -2.36. The minimum absolute atomic E-state index is 0.0245. The van der Waals surface area contributed by atoms with E-state index in [1.54, 1.807) is 19.2 Å². The van der Waals surface area contributed by atoms with Crippen LogP contribution in [-0.4, -0.2) is 57.4 Å². The summed E-state index contributed by atoms with van der Waals surface area (Å²) in [6, 6.07) is 9.11. The molecule has 2 N–H and O–H groups in total. The van der Waals surface area contributed by atoms with E-state index in [0.717, 1.165) is 30.7 Å². The largest absolute Gasteiger partial charge is 0.381 e. The molecular formula is C21H26N4O4S. The molecule has 1 aliphatic heterocycles. The molecule has 2 heterocycles. The topological polar surface area (TPSA) is 110 Å². The quantitative estimate of drug-likeness (QED) is 0.685. The molecule has 0 bridgehead atoms. The molecule has 2 aromatic rings. The van der Waals surface area contributed by atoms with Gasteiger partial charge in [-0.25, -0.2) is 18.4 Å². The number of hydrogen-bond donors (Lipinski definition) is 2. The maximum atomic E-state index is 11.9. The van der Waals surface area contributed by atoms with Gasteiger partial charge in [-0.05, 0) is 56.1 Å². The van der Waals surface area contributed by atoms with Crippen molar-refractivity contribution in [3.63, 3.8) is 0 Å². The van der Waals surface area contributed by atoms with E-state index in [9.17, 15) is 13.2 Å². The molecule has 30 heavy (non-hydrogen) atoms. The van der Waals surface area contributed by atoms with Crippen molar-refractivity contribution in [2.24, 2.45) is 5.92 Å². The van der Waals surface area contributed by atoms with E-state index >= 15 is 0 Å². The number of nitrogens with one attached hydrogen (secondary N) is 2. The normalized spacial score (nSPS) is 22.9. The van der Waals surface area contributed by atoms with Gasteiger partial charge in [0.15, 0.2) is 15.7 Å². The van der Waals surface area contributed by atoms with Gasteiger partial charge >= 0.3 is 0 Å². The van der Waals surface area contributed by atoms with Gasteiger partial charge in [-0.1, -0.05) is 0 Å². The Labute approximate surface area is 176 Å². The third kappa shape index (κ3) is 4.53. The molecule has 1 aliphatic carbocycles. The third-order valence-corrected chi connectivity index (χ3v) is 6.53. The third-order valence-electron chi connectivity index (χ3n) is 5.71. The number of hydrogen-bond acceptors (Lipinski definition) is 7. The lowest BCUT2D eigenvalue weighted by Crippen LogP contribution is -2.25. The molecule has 1 aromatic carbocycles. The number of nitrogens with zero attached hydrogens (tertiary/aromatic N) is 2. The highest BCUT2D eigenvalue weighted by Gasteiger charge is 2.57. The summed E-state index contributed by atoms with van der Waals surface area (Å²) in [4.78, 5) is 21.1. The van der Waals surface area contributed by atoms with Gasteiger partial charge in [-0.3, -0.25) is 4.79 Å². The van der Waals surface area contributed by atoms with Gasteiger partial charge in [-0.15, -0.1) is 0 Å². The highest BCUT2D eigenvalue weighted by atomic mass is 32.2. The lowest BCUT2D eigenvalue weighted by Gasteiger charge is -2.22. The van der Waals surface area contributed by atoms with Crippen LogP contribution in [0.5, 0.6) is 0 Å². The molecule has 2 atom stereocenters. The second-order valence-electron chi connectivity index (χ2n) is 8.18. The molecule has 2 aliphatic rings. The van der Waals surface area contributed by atoms with Crippen LogP contribution in [-0.2, 0) is 30.5 Å². The zero-order chi connectivity index (χ0) is 21.4. The van der Waals surface area contributed by atoms with Crippen molar-refractivity contribution in [2.45, 2.75) is 24.0 Å². The SMILES string of the molecule is CNCC(=O)Nc1ccc(-c2nc(CS(C)(=O)=O)cc([C@]34CCOC[C@H]3C4)n2)cc1. The van der Waals surface area contributed by atoms with Crippen molar-refractivity contribution in [3.05, 3.63) is 41.7 Å². The van der Waals surface area contributed by atoms with E-state index in [1.165, 1.54) is 6.26 Å². The van der Waals surface area contributed by atoms with Crippen molar-refractivity contribution in [3.8, 4) is 11.4 Å². The van der Waals surface area contributed by atoms with E-state index in [1.807, 2.05) is 18.2 Å². The number of sulfone groups is 1. The second kappa shape index (κ2) is 8.05. The summed E-state index contributed by atoms with van der Waals surface area (Å²) in [5.41, 5.74) is 2.85. The number of likely N-dealkylation sites (N-methyl/N-ethyl adjacent to an activating group) is 1. The van der Waals surface area contributed by atoms with Gasteiger partial charge in [-0.2, -0.15) is 0 Å². The van der Waals surface area contributed by atoms with Crippen LogP contribution < -0.4 is 10.6 Å². The Bertz CT molecular complexity index is 1060. The first-order chi connectivity index (χ1) is 14.3. The average Bonchev–Trinajstić information content (AvgIpc) is 3.43. The molecule has 1 amide bonds. The predicted octanol–water partition coefficient (Wildman–Crippen LogP) is 1.52. The number of anilines is 1. The van der Waals surface area contributed by atoms with Crippen molar-refractivity contribution >= 4 is 21.4 Å². The van der Waals surface area contributed by atoms with Gasteiger partial charge in [0.25, 0.3) is 0 Å².